The van der Waals surface area contributed by atoms with Gasteiger partial charge in [0.25, 0.3) is 5.91 Å². The van der Waals surface area contributed by atoms with Gasteiger partial charge in [-0.15, -0.1) is 0 Å². The monoisotopic (exact) mass is 357 g/mol. The summed E-state index contributed by atoms with van der Waals surface area (Å²) in [5.41, 5.74) is 0.571. The smallest absolute Gasteiger partial charge is 0.337 e. The SMILES string of the molecule is O=C(Nc1ccc(I)cc1C(=O)O)c1cnc[nH]1. The molecule has 7 heteroatoms. The van der Waals surface area contributed by atoms with Gasteiger partial charge in [-0.05, 0) is 40.8 Å². The van der Waals surface area contributed by atoms with Crippen LogP contribution in [0.15, 0.2) is 30.7 Å². The number of aromatic amines is 1. The van der Waals surface area contributed by atoms with Crippen LogP contribution < -0.4 is 5.32 Å². The highest BCUT2D eigenvalue weighted by Gasteiger charge is 2.14. The topological polar surface area (TPSA) is 95.1 Å². The Morgan fingerprint density at radius 1 is 1.39 bits per heavy atom. The van der Waals surface area contributed by atoms with Gasteiger partial charge in [-0.1, -0.05) is 0 Å². The largest absolute Gasteiger partial charge is 0.478 e. The second-order valence-corrected chi connectivity index (χ2v) is 4.66. The summed E-state index contributed by atoms with van der Waals surface area (Å²) in [6.45, 7) is 0. The fourth-order valence-corrected chi connectivity index (χ4v) is 1.86. The van der Waals surface area contributed by atoms with Crippen LogP contribution in [0.3, 0.4) is 0 Å². The van der Waals surface area contributed by atoms with Crippen molar-refractivity contribution in [2.24, 2.45) is 0 Å². The molecule has 0 radical (unpaired) electrons. The zero-order valence-corrected chi connectivity index (χ0v) is 11.1. The number of hydrogen-bond acceptors (Lipinski definition) is 3. The van der Waals surface area contributed by atoms with E-state index in [-0.39, 0.29) is 16.9 Å². The molecule has 0 atom stereocenters. The van der Waals surface area contributed by atoms with E-state index >= 15 is 0 Å². The Kier molecular flexibility index (Phi) is 3.60. The second-order valence-electron chi connectivity index (χ2n) is 3.41. The van der Waals surface area contributed by atoms with Gasteiger partial charge in [0.2, 0.25) is 0 Å². The summed E-state index contributed by atoms with van der Waals surface area (Å²) >= 11 is 2.01. The highest BCUT2D eigenvalue weighted by atomic mass is 127. The zero-order valence-electron chi connectivity index (χ0n) is 8.98. The van der Waals surface area contributed by atoms with Crippen LogP contribution in [0.1, 0.15) is 20.8 Å². The van der Waals surface area contributed by atoms with Gasteiger partial charge in [0.1, 0.15) is 5.69 Å². The van der Waals surface area contributed by atoms with Gasteiger partial charge in [0.15, 0.2) is 0 Å². The number of hydrogen-bond donors (Lipinski definition) is 3. The number of carbonyl (C=O) groups is 2. The Hall–Kier alpha value is -1.90. The number of imidazole rings is 1. The molecule has 2 aromatic rings. The number of H-pyrrole nitrogens is 1. The van der Waals surface area contributed by atoms with Crippen molar-refractivity contribution in [1.82, 2.24) is 9.97 Å². The summed E-state index contributed by atoms with van der Waals surface area (Å²) in [6, 6.07) is 4.76. The zero-order chi connectivity index (χ0) is 13.1. The first-order chi connectivity index (χ1) is 8.58. The Morgan fingerprint density at radius 2 is 2.17 bits per heavy atom. The number of rotatable bonds is 3. The van der Waals surface area contributed by atoms with E-state index in [1.165, 1.54) is 18.6 Å². The van der Waals surface area contributed by atoms with Crippen LogP contribution in [0, 0.1) is 3.57 Å². The molecule has 1 aromatic carbocycles. The first kappa shape index (κ1) is 12.6. The average molecular weight is 357 g/mol. The van der Waals surface area contributed by atoms with Gasteiger partial charge in [-0.2, -0.15) is 0 Å². The van der Waals surface area contributed by atoms with Crippen LogP contribution in [0.5, 0.6) is 0 Å². The number of carbonyl (C=O) groups excluding carboxylic acids is 1. The molecule has 0 aliphatic rings. The van der Waals surface area contributed by atoms with Gasteiger partial charge >= 0.3 is 5.97 Å². The molecule has 0 aliphatic carbocycles. The molecule has 3 N–H and O–H groups in total. The molecule has 0 bridgehead atoms. The maximum Gasteiger partial charge on any atom is 0.337 e. The molecule has 2 rings (SSSR count). The summed E-state index contributed by atoms with van der Waals surface area (Å²) in [7, 11) is 0. The third-order valence-electron chi connectivity index (χ3n) is 2.20. The van der Waals surface area contributed by atoms with Crippen molar-refractivity contribution in [3.05, 3.63) is 45.6 Å². The minimum absolute atomic E-state index is 0.0507. The fraction of sp³-hybridized carbons (Fsp3) is 0. The molecular formula is C11H8IN3O3. The number of nitrogens with zero attached hydrogens (tertiary/aromatic N) is 1. The number of carboxylic acid groups (broad SMARTS) is 1. The predicted molar refractivity (Wildman–Crippen MR) is 72.7 cm³/mol. The standard InChI is InChI=1S/C11H8IN3O3/c12-6-1-2-8(7(3-6)11(17)18)15-10(16)9-4-13-5-14-9/h1-5H,(H,13,14)(H,15,16)(H,17,18). The maximum atomic E-state index is 11.8. The molecule has 1 heterocycles. The number of nitrogens with one attached hydrogen (secondary N) is 2. The summed E-state index contributed by atoms with van der Waals surface area (Å²) < 4.78 is 0.782. The number of aromatic carboxylic acids is 1. The summed E-state index contributed by atoms with van der Waals surface area (Å²) in [5.74, 6) is -1.52. The van der Waals surface area contributed by atoms with Crippen LogP contribution in [0.4, 0.5) is 5.69 Å². The lowest BCUT2D eigenvalue weighted by atomic mass is 10.2. The molecule has 1 aromatic heterocycles. The third-order valence-corrected chi connectivity index (χ3v) is 2.87. The lowest BCUT2D eigenvalue weighted by molar-refractivity contribution is 0.0698. The van der Waals surface area contributed by atoms with E-state index in [0.717, 1.165) is 3.57 Å². The van der Waals surface area contributed by atoms with Crippen LogP contribution in [0.25, 0.3) is 0 Å². The molecule has 6 nitrogen and oxygen atoms in total. The number of halogens is 1. The van der Waals surface area contributed by atoms with Crippen molar-refractivity contribution < 1.29 is 14.7 Å². The van der Waals surface area contributed by atoms with Gasteiger partial charge in [-0.3, -0.25) is 4.79 Å². The van der Waals surface area contributed by atoms with Crippen LogP contribution in [-0.4, -0.2) is 27.0 Å². The number of benzene rings is 1. The van der Waals surface area contributed by atoms with Crippen molar-refractivity contribution in [2.75, 3.05) is 5.32 Å². The van der Waals surface area contributed by atoms with Crippen molar-refractivity contribution in [1.29, 1.82) is 0 Å². The van der Waals surface area contributed by atoms with Gasteiger partial charge in [-0.25, -0.2) is 9.78 Å². The summed E-state index contributed by atoms with van der Waals surface area (Å²) in [4.78, 5) is 29.2. The molecule has 0 saturated heterocycles. The van der Waals surface area contributed by atoms with Gasteiger partial charge in [0.05, 0.1) is 23.8 Å². The first-order valence-corrected chi connectivity index (χ1v) is 5.98. The summed E-state index contributed by atoms with van der Waals surface area (Å²) in [6.07, 6.45) is 2.74. The lowest BCUT2D eigenvalue weighted by Gasteiger charge is -2.07. The molecular weight excluding hydrogens is 349 g/mol. The van der Waals surface area contributed by atoms with E-state index < -0.39 is 11.9 Å². The van der Waals surface area contributed by atoms with Crippen LogP contribution in [0.2, 0.25) is 0 Å². The van der Waals surface area contributed by atoms with Crippen molar-refractivity contribution in [3.8, 4) is 0 Å². The maximum absolute atomic E-state index is 11.8. The van der Waals surface area contributed by atoms with Crippen molar-refractivity contribution in [3.63, 3.8) is 0 Å². The number of amides is 1. The van der Waals surface area contributed by atoms with E-state index in [2.05, 4.69) is 15.3 Å². The Bertz CT molecular complexity index is 596. The third kappa shape index (κ3) is 2.67. The molecule has 0 spiro atoms. The van der Waals surface area contributed by atoms with E-state index in [1.807, 2.05) is 22.6 Å². The second kappa shape index (κ2) is 5.17. The van der Waals surface area contributed by atoms with E-state index in [1.54, 1.807) is 12.1 Å². The molecule has 0 saturated carbocycles. The van der Waals surface area contributed by atoms with Crippen LogP contribution >= 0.6 is 22.6 Å². The van der Waals surface area contributed by atoms with E-state index in [9.17, 15) is 9.59 Å². The normalized spacial score (nSPS) is 10.1. The summed E-state index contributed by atoms with van der Waals surface area (Å²) in [5, 5.41) is 11.6. The fourth-order valence-electron chi connectivity index (χ4n) is 1.37. The minimum atomic E-state index is -1.09. The van der Waals surface area contributed by atoms with Crippen LogP contribution in [-0.2, 0) is 0 Å². The molecule has 92 valence electrons. The molecule has 1 amide bonds. The van der Waals surface area contributed by atoms with Crippen molar-refractivity contribution in [2.45, 2.75) is 0 Å². The van der Waals surface area contributed by atoms with Gasteiger partial charge in [0, 0.05) is 3.57 Å². The number of aromatic nitrogens is 2. The molecule has 0 fully saturated rings. The molecule has 0 unspecified atom stereocenters. The number of anilines is 1. The van der Waals surface area contributed by atoms with E-state index in [0.29, 0.717) is 0 Å². The highest BCUT2D eigenvalue weighted by Crippen LogP contribution is 2.19. The Labute approximate surface area is 116 Å². The molecule has 18 heavy (non-hydrogen) atoms. The van der Waals surface area contributed by atoms with Crippen molar-refractivity contribution >= 4 is 40.2 Å². The lowest BCUT2D eigenvalue weighted by Crippen LogP contribution is -2.15. The number of carboxylic acids is 1. The molecule has 0 aliphatic heterocycles. The highest BCUT2D eigenvalue weighted by molar-refractivity contribution is 14.1. The average Bonchev–Trinajstić information content (AvgIpc) is 2.84. The Morgan fingerprint density at radius 3 is 2.78 bits per heavy atom. The Balaban J connectivity index is 2.29. The minimum Gasteiger partial charge on any atom is -0.478 e. The van der Waals surface area contributed by atoms with E-state index in [4.69, 9.17) is 5.11 Å². The quantitative estimate of drug-likeness (QED) is 0.732. The first-order valence-electron chi connectivity index (χ1n) is 4.90. The van der Waals surface area contributed by atoms with Gasteiger partial charge < -0.3 is 15.4 Å². The predicted octanol–water partition coefficient (Wildman–Crippen LogP) is 1.96.